The van der Waals surface area contributed by atoms with Crippen molar-refractivity contribution in [2.75, 3.05) is 6.54 Å². The first-order valence-corrected chi connectivity index (χ1v) is 7.99. The average Bonchev–Trinajstić information content (AvgIpc) is 2.45. The van der Waals surface area contributed by atoms with Crippen LogP contribution in [0.15, 0.2) is 41.0 Å². The highest BCUT2D eigenvalue weighted by Crippen LogP contribution is 2.22. The largest absolute Gasteiger partial charge is 0.310 e. The number of nitrogens with one attached hydrogen (secondary N) is 1. The normalized spacial score (nSPS) is 12.4. The summed E-state index contributed by atoms with van der Waals surface area (Å²) in [4.78, 5) is 4.23. The van der Waals surface area contributed by atoms with Crippen LogP contribution in [-0.4, -0.2) is 11.5 Å². The second-order valence-electron chi connectivity index (χ2n) is 5.18. The number of hydrogen-bond acceptors (Lipinski definition) is 2. The van der Waals surface area contributed by atoms with E-state index in [2.05, 4.69) is 39.2 Å². The molecule has 1 N–H and O–H groups in total. The lowest BCUT2D eigenvalue weighted by molar-refractivity contribution is 0.512. The van der Waals surface area contributed by atoms with Gasteiger partial charge in [0.1, 0.15) is 5.82 Å². The average molecular weight is 351 g/mol. The van der Waals surface area contributed by atoms with Crippen LogP contribution in [-0.2, 0) is 6.42 Å². The third-order valence-corrected chi connectivity index (χ3v) is 3.90. The maximum Gasteiger partial charge on any atom is 0.127 e. The van der Waals surface area contributed by atoms with Gasteiger partial charge in [-0.25, -0.2) is 4.39 Å². The number of nitrogens with zero attached hydrogens (tertiary/aromatic N) is 1. The van der Waals surface area contributed by atoms with Crippen LogP contribution in [0, 0.1) is 12.7 Å². The van der Waals surface area contributed by atoms with Crippen molar-refractivity contribution in [2.24, 2.45) is 0 Å². The van der Waals surface area contributed by atoms with E-state index in [0.29, 0.717) is 6.42 Å². The molecule has 0 aliphatic heterocycles. The molecule has 4 heteroatoms. The summed E-state index contributed by atoms with van der Waals surface area (Å²) in [5, 5.41) is 3.50. The topological polar surface area (TPSA) is 24.9 Å². The molecule has 112 valence electrons. The van der Waals surface area contributed by atoms with Crippen LogP contribution in [0.4, 0.5) is 4.39 Å². The van der Waals surface area contributed by atoms with Crippen LogP contribution < -0.4 is 5.32 Å². The Morgan fingerprint density at radius 1 is 1.29 bits per heavy atom. The minimum Gasteiger partial charge on any atom is -0.310 e. The predicted molar refractivity (Wildman–Crippen MR) is 87.8 cm³/mol. The molecule has 0 aliphatic rings. The molecule has 0 amide bonds. The van der Waals surface area contributed by atoms with Gasteiger partial charge in [-0.2, -0.15) is 0 Å². The Balaban J connectivity index is 2.23. The summed E-state index contributed by atoms with van der Waals surface area (Å²) >= 11 is 3.29. The number of pyridine rings is 1. The van der Waals surface area contributed by atoms with E-state index in [1.165, 1.54) is 6.07 Å². The van der Waals surface area contributed by atoms with Gasteiger partial charge < -0.3 is 5.32 Å². The summed E-state index contributed by atoms with van der Waals surface area (Å²) in [6, 6.07) is 9.40. The maximum atomic E-state index is 14.1. The number of benzene rings is 1. The Morgan fingerprint density at radius 2 is 2.10 bits per heavy atom. The molecular weight excluding hydrogens is 331 g/mol. The van der Waals surface area contributed by atoms with Crippen molar-refractivity contribution in [3.8, 4) is 0 Å². The molecule has 0 spiro atoms. The van der Waals surface area contributed by atoms with Gasteiger partial charge in [-0.3, -0.25) is 4.98 Å². The molecular formula is C17H20BrFN2. The first-order valence-electron chi connectivity index (χ1n) is 7.20. The fourth-order valence-electron chi connectivity index (χ4n) is 2.32. The van der Waals surface area contributed by atoms with Gasteiger partial charge in [0.05, 0.1) is 0 Å². The highest BCUT2D eigenvalue weighted by molar-refractivity contribution is 9.10. The molecule has 1 aromatic carbocycles. The SMILES string of the molecule is CCCNC(Cc1ccc(Br)cc1F)c1ccnc(C)c1. The van der Waals surface area contributed by atoms with Gasteiger partial charge >= 0.3 is 0 Å². The highest BCUT2D eigenvalue weighted by atomic mass is 79.9. The van der Waals surface area contributed by atoms with Crippen molar-refractivity contribution in [2.45, 2.75) is 32.7 Å². The van der Waals surface area contributed by atoms with Gasteiger partial charge in [-0.15, -0.1) is 0 Å². The van der Waals surface area contributed by atoms with Crippen molar-refractivity contribution in [3.05, 3.63) is 63.6 Å². The van der Waals surface area contributed by atoms with E-state index < -0.39 is 0 Å². The molecule has 21 heavy (non-hydrogen) atoms. The Hall–Kier alpha value is -1.26. The Kier molecular flexibility index (Phi) is 5.88. The summed E-state index contributed by atoms with van der Waals surface area (Å²) in [5.74, 6) is -0.168. The van der Waals surface area contributed by atoms with E-state index in [0.717, 1.165) is 34.3 Å². The number of halogens is 2. The molecule has 0 saturated carbocycles. The fraction of sp³-hybridized carbons (Fsp3) is 0.353. The first-order chi connectivity index (χ1) is 10.1. The molecule has 2 aromatic rings. The van der Waals surface area contributed by atoms with Gasteiger partial charge in [-0.1, -0.05) is 28.9 Å². The number of aromatic nitrogens is 1. The molecule has 0 radical (unpaired) electrons. The second-order valence-corrected chi connectivity index (χ2v) is 6.09. The third kappa shape index (κ3) is 4.61. The van der Waals surface area contributed by atoms with Gasteiger partial charge in [-0.05, 0) is 61.7 Å². The van der Waals surface area contributed by atoms with Crippen LogP contribution in [0.3, 0.4) is 0 Å². The summed E-state index contributed by atoms with van der Waals surface area (Å²) in [7, 11) is 0. The monoisotopic (exact) mass is 350 g/mol. The lowest BCUT2D eigenvalue weighted by Crippen LogP contribution is -2.24. The van der Waals surface area contributed by atoms with E-state index in [1.54, 1.807) is 0 Å². The number of hydrogen-bond donors (Lipinski definition) is 1. The fourth-order valence-corrected chi connectivity index (χ4v) is 2.65. The molecule has 0 fully saturated rings. The molecule has 0 bridgehead atoms. The lowest BCUT2D eigenvalue weighted by atomic mass is 9.98. The lowest BCUT2D eigenvalue weighted by Gasteiger charge is -2.20. The summed E-state index contributed by atoms with van der Waals surface area (Å²) < 4.78 is 14.8. The zero-order chi connectivity index (χ0) is 15.2. The predicted octanol–water partition coefficient (Wildman–Crippen LogP) is 4.58. The molecule has 1 aromatic heterocycles. The Labute approximate surface area is 133 Å². The standard InChI is InChI=1S/C17H20BrFN2/c1-3-7-21-17(14-6-8-20-12(2)9-14)10-13-4-5-15(18)11-16(13)19/h4-6,8-9,11,17,21H,3,7,10H2,1-2H3. The molecule has 0 aliphatic carbocycles. The minimum absolute atomic E-state index is 0.0994. The van der Waals surface area contributed by atoms with Crippen molar-refractivity contribution in [3.63, 3.8) is 0 Å². The quantitative estimate of drug-likeness (QED) is 0.824. The Bertz CT molecular complexity index is 601. The van der Waals surface area contributed by atoms with Gasteiger partial charge in [0, 0.05) is 22.4 Å². The number of aryl methyl sites for hydroxylation is 1. The molecule has 1 atom stereocenters. The van der Waals surface area contributed by atoms with Crippen molar-refractivity contribution < 1.29 is 4.39 Å². The minimum atomic E-state index is -0.168. The number of rotatable bonds is 6. The summed E-state index contributed by atoms with van der Waals surface area (Å²) in [6.07, 6.45) is 3.48. The van der Waals surface area contributed by atoms with Crippen molar-refractivity contribution in [1.82, 2.24) is 10.3 Å². The third-order valence-electron chi connectivity index (χ3n) is 3.40. The van der Waals surface area contributed by atoms with Crippen LogP contribution in [0.5, 0.6) is 0 Å². The van der Waals surface area contributed by atoms with Crippen LogP contribution in [0.1, 0.15) is 36.2 Å². The molecule has 1 unspecified atom stereocenters. The van der Waals surface area contributed by atoms with Crippen LogP contribution in [0.2, 0.25) is 0 Å². The highest BCUT2D eigenvalue weighted by Gasteiger charge is 2.14. The zero-order valence-electron chi connectivity index (χ0n) is 12.4. The summed E-state index contributed by atoms with van der Waals surface area (Å²) in [5.41, 5.74) is 2.85. The van der Waals surface area contributed by atoms with E-state index >= 15 is 0 Å². The van der Waals surface area contributed by atoms with Crippen molar-refractivity contribution >= 4 is 15.9 Å². The van der Waals surface area contributed by atoms with Gasteiger partial charge in [0.15, 0.2) is 0 Å². The Morgan fingerprint density at radius 3 is 2.76 bits per heavy atom. The van der Waals surface area contributed by atoms with E-state index in [9.17, 15) is 4.39 Å². The molecule has 0 saturated heterocycles. The van der Waals surface area contributed by atoms with Crippen LogP contribution >= 0.6 is 15.9 Å². The zero-order valence-corrected chi connectivity index (χ0v) is 14.0. The summed E-state index contributed by atoms with van der Waals surface area (Å²) in [6.45, 7) is 5.01. The van der Waals surface area contributed by atoms with Crippen molar-refractivity contribution in [1.29, 1.82) is 0 Å². The van der Waals surface area contributed by atoms with E-state index in [4.69, 9.17) is 0 Å². The van der Waals surface area contributed by atoms with Crippen LogP contribution in [0.25, 0.3) is 0 Å². The maximum absolute atomic E-state index is 14.1. The smallest absolute Gasteiger partial charge is 0.127 e. The molecule has 2 rings (SSSR count). The van der Waals surface area contributed by atoms with Gasteiger partial charge in [0.25, 0.3) is 0 Å². The second kappa shape index (κ2) is 7.66. The van der Waals surface area contributed by atoms with Gasteiger partial charge in [0.2, 0.25) is 0 Å². The molecule has 2 nitrogen and oxygen atoms in total. The first kappa shape index (κ1) is 16.1. The molecule has 1 heterocycles. The van der Waals surface area contributed by atoms with E-state index in [1.807, 2.05) is 31.3 Å². The van der Waals surface area contributed by atoms with E-state index in [-0.39, 0.29) is 11.9 Å².